The molecule has 0 radical (unpaired) electrons. The fourth-order valence-electron chi connectivity index (χ4n) is 2.21. The zero-order valence-corrected chi connectivity index (χ0v) is 9.12. The smallest absolute Gasteiger partial charge is 0.237 e. The van der Waals surface area contributed by atoms with Crippen molar-refractivity contribution < 1.29 is 4.79 Å². The summed E-state index contributed by atoms with van der Waals surface area (Å²) in [7, 11) is 0. The third-order valence-electron chi connectivity index (χ3n) is 3.38. The summed E-state index contributed by atoms with van der Waals surface area (Å²) in [6, 6.07) is 1.00. The second-order valence-electron chi connectivity index (χ2n) is 4.79. The van der Waals surface area contributed by atoms with Crippen molar-refractivity contribution in [2.45, 2.75) is 58.0 Å². The van der Waals surface area contributed by atoms with Gasteiger partial charge in [-0.25, -0.2) is 5.01 Å². The predicted octanol–water partition coefficient (Wildman–Crippen LogP) is 1.69. The molecule has 80 valence electrons. The second-order valence-corrected chi connectivity index (χ2v) is 4.79. The lowest BCUT2D eigenvalue weighted by Gasteiger charge is -2.38. The van der Waals surface area contributed by atoms with E-state index < -0.39 is 0 Å². The molecule has 14 heavy (non-hydrogen) atoms. The molecule has 2 fully saturated rings. The van der Waals surface area contributed by atoms with Gasteiger partial charge in [0.05, 0.1) is 0 Å². The van der Waals surface area contributed by atoms with Crippen LogP contribution in [-0.2, 0) is 4.79 Å². The van der Waals surface area contributed by atoms with Crippen LogP contribution >= 0.6 is 0 Å². The van der Waals surface area contributed by atoms with Gasteiger partial charge in [-0.15, -0.1) is 0 Å². The third kappa shape index (κ3) is 2.08. The van der Waals surface area contributed by atoms with Crippen molar-refractivity contribution in [3.63, 3.8) is 0 Å². The summed E-state index contributed by atoms with van der Waals surface area (Å²) in [6.45, 7) is 4.39. The van der Waals surface area contributed by atoms with Gasteiger partial charge in [-0.05, 0) is 39.5 Å². The summed E-state index contributed by atoms with van der Waals surface area (Å²) in [5.41, 5.74) is 3.07. The van der Waals surface area contributed by atoms with Crippen molar-refractivity contribution >= 4 is 5.91 Å². The van der Waals surface area contributed by atoms with Crippen molar-refractivity contribution in [3.05, 3.63) is 0 Å². The highest BCUT2D eigenvalue weighted by atomic mass is 16.2. The Balaban J connectivity index is 1.89. The Labute approximate surface area is 85.8 Å². The van der Waals surface area contributed by atoms with Gasteiger partial charge in [-0.2, -0.15) is 0 Å². The first-order valence-electron chi connectivity index (χ1n) is 5.77. The molecule has 0 spiro atoms. The van der Waals surface area contributed by atoms with Gasteiger partial charge in [0.2, 0.25) is 5.91 Å². The van der Waals surface area contributed by atoms with E-state index in [1.54, 1.807) is 0 Å². The van der Waals surface area contributed by atoms with Crippen LogP contribution in [-0.4, -0.2) is 23.0 Å². The van der Waals surface area contributed by atoms with E-state index in [0.29, 0.717) is 18.0 Å². The number of rotatable bonds is 2. The van der Waals surface area contributed by atoms with Crippen LogP contribution in [0.2, 0.25) is 0 Å². The minimum absolute atomic E-state index is 0.241. The van der Waals surface area contributed by atoms with Crippen molar-refractivity contribution in [3.8, 4) is 0 Å². The van der Waals surface area contributed by atoms with Crippen LogP contribution in [0.4, 0.5) is 0 Å². The molecule has 3 heteroatoms. The lowest BCUT2D eigenvalue weighted by molar-refractivity contribution is -0.130. The fourth-order valence-corrected chi connectivity index (χ4v) is 2.21. The van der Waals surface area contributed by atoms with E-state index in [0.717, 1.165) is 12.8 Å². The molecule has 1 aliphatic carbocycles. The van der Waals surface area contributed by atoms with Gasteiger partial charge in [0.1, 0.15) is 0 Å². The Morgan fingerprint density at radius 1 is 1.14 bits per heavy atom. The topological polar surface area (TPSA) is 32.3 Å². The molecule has 2 atom stereocenters. The number of hydrazine groups is 1. The quantitative estimate of drug-likeness (QED) is 0.729. The molecule has 0 aromatic carbocycles. The Kier molecular flexibility index (Phi) is 2.77. The monoisotopic (exact) mass is 196 g/mol. The molecule has 0 bridgehead atoms. The summed E-state index contributed by atoms with van der Waals surface area (Å²) in [5, 5.41) is 2.16. The second kappa shape index (κ2) is 3.89. The number of piperidine rings is 1. The lowest BCUT2D eigenvalue weighted by Crippen LogP contribution is -2.54. The van der Waals surface area contributed by atoms with Crippen LogP contribution in [0.5, 0.6) is 0 Å². The summed E-state index contributed by atoms with van der Waals surface area (Å²) in [5.74, 6) is 0.557. The largest absolute Gasteiger partial charge is 0.288 e. The van der Waals surface area contributed by atoms with Crippen LogP contribution in [0.3, 0.4) is 0 Å². The van der Waals surface area contributed by atoms with Gasteiger partial charge in [0, 0.05) is 18.0 Å². The molecule has 1 saturated carbocycles. The summed E-state index contributed by atoms with van der Waals surface area (Å²) in [6.07, 6.45) is 5.87. The van der Waals surface area contributed by atoms with Gasteiger partial charge in [0.25, 0.3) is 0 Å². The molecule has 2 aliphatic rings. The Hall–Kier alpha value is -0.570. The number of amides is 1. The maximum atomic E-state index is 11.6. The molecule has 1 saturated heterocycles. The SMILES string of the molecule is C[C@@H]1CCC[C@@H](C)N1NC(=O)C1CC1. The zero-order chi connectivity index (χ0) is 10.1. The molecule has 1 amide bonds. The lowest BCUT2D eigenvalue weighted by atomic mass is 10.00. The number of carbonyl (C=O) groups is 1. The Bertz CT molecular complexity index is 215. The number of nitrogens with one attached hydrogen (secondary N) is 1. The van der Waals surface area contributed by atoms with Crippen LogP contribution in [0.1, 0.15) is 46.0 Å². The normalized spacial score (nSPS) is 34.1. The van der Waals surface area contributed by atoms with Crippen molar-refractivity contribution in [1.29, 1.82) is 0 Å². The van der Waals surface area contributed by atoms with Gasteiger partial charge in [-0.1, -0.05) is 6.42 Å². The Morgan fingerprint density at radius 2 is 1.71 bits per heavy atom. The molecule has 0 unspecified atom stereocenters. The average molecular weight is 196 g/mol. The molecule has 1 N–H and O–H groups in total. The number of hydrogen-bond acceptors (Lipinski definition) is 2. The number of nitrogens with zero attached hydrogens (tertiary/aromatic N) is 1. The van der Waals surface area contributed by atoms with Gasteiger partial charge in [-0.3, -0.25) is 10.2 Å². The maximum absolute atomic E-state index is 11.6. The van der Waals surface area contributed by atoms with Crippen molar-refractivity contribution in [2.75, 3.05) is 0 Å². The summed E-state index contributed by atoms with van der Waals surface area (Å²) >= 11 is 0. The highest BCUT2D eigenvalue weighted by Crippen LogP contribution is 2.29. The maximum Gasteiger partial charge on any atom is 0.237 e. The molecule has 3 nitrogen and oxygen atoms in total. The minimum Gasteiger partial charge on any atom is -0.288 e. The van der Waals surface area contributed by atoms with Crippen LogP contribution in [0, 0.1) is 5.92 Å². The first kappa shape index (κ1) is 9.97. The fraction of sp³-hybridized carbons (Fsp3) is 0.909. The number of carbonyl (C=O) groups excluding carboxylic acids is 1. The average Bonchev–Trinajstić information content (AvgIpc) is 2.94. The van der Waals surface area contributed by atoms with E-state index in [4.69, 9.17) is 0 Å². The molecular formula is C11H20N2O. The van der Waals surface area contributed by atoms with Crippen molar-refractivity contribution in [1.82, 2.24) is 10.4 Å². The van der Waals surface area contributed by atoms with Gasteiger partial charge in [0.15, 0.2) is 0 Å². The van der Waals surface area contributed by atoms with Gasteiger partial charge < -0.3 is 0 Å². The molecule has 0 aromatic heterocycles. The summed E-state index contributed by atoms with van der Waals surface area (Å²) < 4.78 is 0. The van der Waals surface area contributed by atoms with E-state index >= 15 is 0 Å². The minimum atomic E-state index is 0.241. The van der Waals surface area contributed by atoms with Crippen LogP contribution in [0.25, 0.3) is 0 Å². The summed E-state index contributed by atoms with van der Waals surface area (Å²) in [4.78, 5) is 11.6. The third-order valence-corrected chi connectivity index (χ3v) is 3.38. The predicted molar refractivity (Wildman–Crippen MR) is 55.5 cm³/mol. The van der Waals surface area contributed by atoms with E-state index in [1.165, 1.54) is 19.3 Å². The first-order valence-corrected chi connectivity index (χ1v) is 5.77. The van der Waals surface area contributed by atoms with E-state index in [-0.39, 0.29) is 5.91 Å². The number of hydrogen-bond donors (Lipinski definition) is 1. The Morgan fingerprint density at radius 3 is 2.21 bits per heavy atom. The first-order chi connectivity index (χ1) is 6.68. The standard InChI is InChI=1S/C11H20N2O/c1-8-4-3-5-9(2)13(8)12-11(14)10-6-7-10/h8-10H,3-7H2,1-2H3,(H,12,14)/t8-,9-/m1/s1. The van der Waals surface area contributed by atoms with Crippen molar-refractivity contribution in [2.24, 2.45) is 5.92 Å². The van der Waals surface area contributed by atoms with E-state index in [9.17, 15) is 4.79 Å². The van der Waals surface area contributed by atoms with Gasteiger partial charge >= 0.3 is 0 Å². The van der Waals surface area contributed by atoms with E-state index in [2.05, 4.69) is 24.3 Å². The molecule has 0 aromatic rings. The van der Waals surface area contributed by atoms with E-state index in [1.807, 2.05) is 0 Å². The van der Waals surface area contributed by atoms with Crippen LogP contribution in [0.15, 0.2) is 0 Å². The zero-order valence-electron chi connectivity index (χ0n) is 9.12. The molecular weight excluding hydrogens is 176 g/mol. The molecule has 1 aliphatic heterocycles. The highest BCUT2D eigenvalue weighted by molar-refractivity contribution is 5.80. The highest BCUT2D eigenvalue weighted by Gasteiger charge is 2.33. The van der Waals surface area contributed by atoms with Crippen LogP contribution < -0.4 is 5.43 Å². The molecule has 1 heterocycles. The molecule has 2 rings (SSSR count).